The van der Waals surface area contributed by atoms with E-state index in [0.717, 1.165) is 12.8 Å². The second kappa shape index (κ2) is 6.78. The van der Waals surface area contributed by atoms with Crippen LogP contribution in [0, 0.1) is 0 Å². The van der Waals surface area contributed by atoms with Gasteiger partial charge in [-0.2, -0.15) is 4.98 Å². The number of aromatic nitrogens is 2. The number of hydrogen-bond donors (Lipinski definition) is 1. The van der Waals surface area contributed by atoms with Crippen LogP contribution in [0.5, 0.6) is 23.1 Å². The zero-order valence-corrected chi connectivity index (χ0v) is 12.4. The fourth-order valence-electron chi connectivity index (χ4n) is 1.90. The van der Waals surface area contributed by atoms with Gasteiger partial charge in [0, 0.05) is 12.5 Å². The minimum Gasteiger partial charge on any atom is -0.493 e. The lowest BCUT2D eigenvalue weighted by Crippen LogP contribution is -2.02. The van der Waals surface area contributed by atoms with E-state index < -0.39 is 0 Å². The molecule has 6 heteroatoms. The number of nitrogens with two attached hydrogens (primary N) is 1. The number of para-hydroxylation sites is 1. The van der Waals surface area contributed by atoms with Crippen LogP contribution >= 0.6 is 0 Å². The summed E-state index contributed by atoms with van der Waals surface area (Å²) in [5, 5.41) is 0. The minimum absolute atomic E-state index is 0.369. The van der Waals surface area contributed by atoms with Gasteiger partial charge in [-0.25, -0.2) is 4.98 Å². The summed E-state index contributed by atoms with van der Waals surface area (Å²) in [4.78, 5) is 8.52. The molecule has 0 aliphatic heterocycles. The molecule has 1 heterocycles. The second-order valence-electron chi connectivity index (χ2n) is 4.39. The Kier molecular flexibility index (Phi) is 4.81. The van der Waals surface area contributed by atoms with Crippen molar-refractivity contribution in [1.29, 1.82) is 0 Å². The van der Waals surface area contributed by atoms with E-state index >= 15 is 0 Å². The summed E-state index contributed by atoms with van der Waals surface area (Å²) < 4.78 is 16.4. The Bertz CT molecular complexity index is 595. The molecule has 0 atom stereocenters. The maximum Gasteiger partial charge on any atom is 0.225 e. The molecule has 1 aromatic heterocycles. The van der Waals surface area contributed by atoms with E-state index in [4.69, 9.17) is 19.9 Å². The Balaban J connectivity index is 2.37. The average Bonchev–Trinajstić information content (AvgIpc) is 2.47. The third-order valence-corrected chi connectivity index (χ3v) is 2.83. The Labute approximate surface area is 123 Å². The third kappa shape index (κ3) is 3.53. The maximum atomic E-state index is 5.81. The molecule has 0 saturated heterocycles. The van der Waals surface area contributed by atoms with Crippen molar-refractivity contribution in [1.82, 2.24) is 9.97 Å². The first kappa shape index (κ1) is 14.9. The zero-order chi connectivity index (χ0) is 15.2. The van der Waals surface area contributed by atoms with E-state index in [1.165, 1.54) is 0 Å². The van der Waals surface area contributed by atoms with Crippen molar-refractivity contribution in [2.24, 2.45) is 0 Å². The molecule has 6 nitrogen and oxygen atoms in total. The van der Waals surface area contributed by atoms with E-state index in [1.54, 1.807) is 32.4 Å². The maximum absolute atomic E-state index is 5.81. The molecule has 2 rings (SSSR count). The van der Waals surface area contributed by atoms with Gasteiger partial charge < -0.3 is 19.9 Å². The van der Waals surface area contributed by atoms with Gasteiger partial charge in [-0.1, -0.05) is 13.0 Å². The molecule has 1 aromatic carbocycles. The summed E-state index contributed by atoms with van der Waals surface area (Å²) in [7, 11) is 3.14. The summed E-state index contributed by atoms with van der Waals surface area (Å²) in [6, 6.07) is 6.97. The SMILES string of the molecule is CCCc1nc(N)cc(Oc2c(OC)cccc2OC)n1. The monoisotopic (exact) mass is 289 g/mol. The van der Waals surface area contributed by atoms with Crippen LogP contribution in [0.15, 0.2) is 24.3 Å². The van der Waals surface area contributed by atoms with Crippen LogP contribution in [0.3, 0.4) is 0 Å². The van der Waals surface area contributed by atoms with Crippen molar-refractivity contribution < 1.29 is 14.2 Å². The van der Waals surface area contributed by atoms with Gasteiger partial charge in [-0.3, -0.25) is 0 Å². The van der Waals surface area contributed by atoms with Gasteiger partial charge in [0.25, 0.3) is 0 Å². The molecule has 0 aliphatic rings. The summed E-state index contributed by atoms with van der Waals surface area (Å²) >= 11 is 0. The van der Waals surface area contributed by atoms with Crippen LogP contribution < -0.4 is 19.9 Å². The van der Waals surface area contributed by atoms with E-state index in [-0.39, 0.29) is 0 Å². The number of anilines is 1. The van der Waals surface area contributed by atoms with Crippen LogP contribution in [0.1, 0.15) is 19.2 Å². The van der Waals surface area contributed by atoms with E-state index in [2.05, 4.69) is 16.9 Å². The molecule has 0 spiro atoms. The van der Waals surface area contributed by atoms with Crippen LogP contribution in [-0.4, -0.2) is 24.2 Å². The number of benzene rings is 1. The topological polar surface area (TPSA) is 79.5 Å². The fraction of sp³-hybridized carbons (Fsp3) is 0.333. The summed E-state index contributed by atoms with van der Waals surface area (Å²) in [5.74, 6) is 2.97. The van der Waals surface area contributed by atoms with Gasteiger partial charge in [0.1, 0.15) is 11.6 Å². The summed E-state index contributed by atoms with van der Waals surface area (Å²) in [6.07, 6.45) is 1.67. The van der Waals surface area contributed by atoms with Gasteiger partial charge in [-0.15, -0.1) is 0 Å². The highest BCUT2D eigenvalue weighted by Crippen LogP contribution is 2.39. The Morgan fingerprint density at radius 1 is 1.10 bits per heavy atom. The minimum atomic E-state index is 0.369. The third-order valence-electron chi connectivity index (χ3n) is 2.83. The quantitative estimate of drug-likeness (QED) is 0.880. The Morgan fingerprint density at radius 3 is 2.33 bits per heavy atom. The van der Waals surface area contributed by atoms with Crippen molar-refractivity contribution in [2.75, 3.05) is 20.0 Å². The number of hydrogen-bond acceptors (Lipinski definition) is 6. The van der Waals surface area contributed by atoms with Crippen LogP contribution in [0.25, 0.3) is 0 Å². The first-order valence-corrected chi connectivity index (χ1v) is 6.70. The van der Waals surface area contributed by atoms with Crippen LogP contribution in [-0.2, 0) is 6.42 Å². The molecule has 0 radical (unpaired) electrons. The van der Waals surface area contributed by atoms with E-state index in [0.29, 0.717) is 34.8 Å². The number of methoxy groups -OCH3 is 2. The lowest BCUT2D eigenvalue weighted by atomic mass is 10.3. The highest BCUT2D eigenvalue weighted by molar-refractivity contribution is 5.53. The van der Waals surface area contributed by atoms with Crippen molar-refractivity contribution >= 4 is 5.82 Å². The molecule has 2 aromatic rings. The normalized spacial score (nSPS) is 10.2. The number of aryl methyl sites for hydroxylation is 1. The highest BCUT2D eigenvalue weighted by atomic mass is 16.5. The first-order chi connectivity index (χ1) is 10.2. The lowest BCUT2D eigenvalue weighted by molar-refractivity contribution is 0.341. The van der Waals surface area contributed by atoms with Gasteiger partial charge in [0.05, 0.1) is 14.2 Å². The molecule has 0 saturated carbocycles. The summed E-state index contributed by atoms with van der Waals surface area (Å²) in [5.41, 5.74) is 5.79. The smallest absolute Gasteiger partial charge is 0.225 e. The van der Waals surface area contributed by atoms with Crippen molar-refractivity contribution in [3.05, 3.63) is 30.1 Å². The predicted molar refractivity (Wildman–Crippen MR) is 80.1 cm³/mol. The molecule has 0 fully saturated rings. The molecule has 2 N–H and O–H groups in total. The van der Waals surface area contributed by atoms with Crippen molar-refractivity contribution in [3.63, 3.8) is 0 Å². The predicted octanol–water partition coefficient (Wildman–Crippen LogP) is 2.82. The largest absolute Gasteiger partial charge is 0.493 e. The fourth-order valence-corrected chi connectivity index (χ4v) is 1.90. The first-order valence-electron chi connectivity index (χ1n) is 6.70. The molecular weight excluding hydrogens is 270 g/mol. The Hall–Kier alpha value is -2.50. The van der Waals surface area contributed by atoms with Crippen LogP contribution in [0.2, 0.25) is 0 Å². The van der Waals surface area contributed by atoms with Crippen LogP contribution in [0.4, 0.5) is 5.82 Å². The van der Waals surface area contributed by atoms with Gasteiger partial charge >= 0.3 is 0 Å². The molecular formula is C15H19N3O3. The summed E-state index contributed by atoms with van der Waals surface area (Å²) in [6.45, 7) is 2.05. The molecule has 0 amide bonds. The van der Waals surface area contributed by atoms with E-state index in [1.807, 2.05) is 6.07 Å². The standard InChI is InChI=1S/C15H19N3O3/c1-4-6-13-17-12(16)9-14(18-13)21-15-10(19-2)7-5-8-11(15)20-3/h5,7-9H,4,6H2,1-3H3,(H2,16,17,18). The molecule has 21 heavy (non-hydrogen) atoms. The number of nitrogens with zero attached hydrogens (tertiary/aromatic N) is 2. The molecule has 0 aliphatic carbocycles. The number of nitrogen functional groups attached to an aromatic ring is 1. The van der Waals surface area contributed by atoms with Gasteiger partial charge in [0.2, 0.25) is 11.6 Å². The number of ether oxygens (including phenoxy) is 3. The zero-order valence-electron chi connectivity index (χ0n) is 12.4. The second-order valence-corrected chi connectivity index (χ2v) is 4.39. The molecule has 0 bridgehead atoms. The van der Waals surface area contributed by atoms with Crippen molar-refractivity contribution in [2.45, 2.75) is 19.8 Å². The lowest BCUT2D eigenvalue weighted by Gasteiger charge is -2.13. The molecule has 112 valence electrons. The molecule has 0 unspecified atom stereocenters. The van der Waals surface area contributed by atoms with Crippen molar-refractivity contribution in [3.8, 4) is 23.1 Å². The van der Waals surface area contributed by atoms with E-state index in [9.17, 15) is 0 Å². The highest BCUT2D eigenvalue weighted by Gasteiger charge is 2.14. The van der Waals surface area contributed by atoms with Gasteiger partial charge in [0.15, 0.2) is 11.5 Å². The number of rotatable bonds is 6. The van der Waals surface area contributed by atoms with Gasteiger partial charge in [-0.05, 0) is 18.6 Å². The average molecular weight is 289 g/mol. The Morgan fingerprint density at radius 2 is 1.76 bits per heavy atom.